The van der Waals surface area contributed by atoms with E-state index in [1.54, 1.807) is 0 Å². The van der Waals surface area contributed by atoms with Gasteiger partial charge in [0.1, 0.15) is 0 Å². The smallest absolute Gasteiger partial charge is 0.191 e. The zero-order valence-corrected chi connectivity index (χ0v) is 14.3. The summed E-state index contributed by atoms with van der Waals surface area (Å²) in [4.78, 5) is 6.94. The van der Waals surface area contributed by atoms with Gasteiger partial charge < -0.3 is 15.5 Å². The zero-order valence-electron chi connectivity index (χ0n) is 11.9. The van der Waals surface area contributed by atoms with E-state index < -0.39 is 0 Å². The van der Waals surface area contributed by atoms with Crippen LogP contribution in [0.5, 0.6) is 0 Å². The van der Waals surface area contributed by atoms with Crippen molar-refractivity contribution in [3.05, 3.63) is 29.8 Å². The Morgan fingerprint density at radius 1 is 1.40 bits per heavy atom. The van der Waals surface area contributed by atoms with Gasteiger partial charge in [-0.1, -0.05) is 18.2 Å². The summed E-state index contributed by atoms with van der Waals surface area (Å²) >= 11 is 0. The molecule has 0 radical (unpaired) electrons. The number of aliphatic imine (C=N–C) groups is 1. The van der Waals surface area contributed by atoms with Crippen LogP contribution >= 0.6 is 24.0 Å². The molecule has 0 saturated carbocycles. The van der Waals surface area contributed by atoms with E-state index in [0.717, 1.165) is 38.6 Å². The van der Waals surface area contributed by atoms with Gasteiger partial charge in [0.2, 0.25) is 0 Å². The lowest BCUT2D eigenvalue weighted by molar-refractivity contribution is 0.615. The fraction of sp³-hybridized carbons (Fsp3) is 0.533. The van der Waals surface area contributed by atoms with Crippen molar-refractivity contribution in [2.45, 2.75) is 25.8 Å². The summed E-state index contributed by atoms with van der Waals surface area (Å²) < 4.78 is 0. The number of halogens is 1. The Balaban J connectivity index is 0.00000147. The second-order valence-electron chi connectivity index (χ2n) is 5.31. The Hall–Kier alpha value is -0.980. The molecule has 1 aromatic carbocycles. The van der Waals surface area contributed by atoms with Gasteiger partial charge in [0.25, 0.3) is 0 Å². The van der Waals surface area contributed by atoms with Crippen LogP contribution in [0.3, 0.4) is 0 Å². The highest BCUT2D eigenvalue weighted by molar-refractivity contribution is 14.0. The number of rotatable bonds is 3. The zero-order chi connectivity index (χ0) is 13.1. The van der Waals surface area contributed by atoms with Gasteiger partial charge in [-0.3, -0.25) is 4.99 Å². The molecule has 2 heterocycles. The molecule has 1 unspecified atom stereocenters. The largest absolute Gasteiger partial charge is 0.366 e. The number of benzene rings is 1. The molecule has 20 heavy (non-hydrogen) atoms. The molecule has 2 aliphatic heterocycles. The van der Waals surface area contributed by atoms with Crippen molar-refractivity contribution >= 4 is 35.6 Å². The first kappa shape index (κ1) is 15.4. The van der Waals surface area contributed by atoms with Gasteiger partial charge in [0, 0.05) is 37.9 Å². The first-order valence-corrected chi connectivity index (χ1v) is 7.21. The van der Waals surface area contributed by atoms with E-state index in [2.05, 4.69) is 51.7 Å². The summed E-state index contributed by atoms with van der Waals surface area (Å²) in [6.07, 6.45) is 2.31. The normalized spacial score (nSPS) is 18.4. The SMILES string of the molecule is CC(CNC1=NCCCN1)N1CCc2ccccc21.I. The predicted molar refractivity (Wildman–Crippen MR) is 95.3 cm³/mol. The van der Waals surface area contributed by atoms with Gasteiger partial charge in [-0.25, -0.2) is 0 Å². The third kappa shape index (κ3) is 3.37. The van der Waals surface area contributed by atoms with Gasteiger partial charge in [0.15, 0.2) is 5.96 Å². The lowest BCUT2D eigenvalue weighted by atomic mass is 10.2. The van der Waals surface area contributed by atoms with Crippen LogP contribution in [0.25, 0.3) is 0 Å². The van der Waals surface area contributed by atoms with E-state index in [4.69, 9.17) is 0 Å². The van der Waals surface area contributed by atoms with E-state index in [1.165, 1.54) is 17.7 Å². The average Bonchev–Trinajstić information content (AvgIpc) is 2.90. The molecule has 2 aliphatic rings. The van der Waals surface area contributed by atoms with Crippen LogP contribution in [-0.4, -0.2) is 38.2 Å². The molecule has 1 aromatic rings. The first-order chi connectivity index (χ1) is 9.34. The summed E-state index contributed by atoms with van der Waals surface area (Å²) in [5.74, 6) is 0.964. The maximum atomic E-state index is 4.45. The van der Waals surface area contributed by atoms with Crippen molar-refractivity contribution in [1.82, 2.24) is 10.6 Å². The van der Waals surface area contributed by atoms with Gasteiger partial charge in [-0.05, 0) is 31.4 Å². The summed E-state index contributed by atoms with van der Waals surface area (Å²) in [5.41, 5.74) is 2.87. The molecular weight excluding hydrogens is 363 g/mol. The monoisotopic (exact) mass is 386 g/mol. The number of fused-ring (bicyclic) bond motifs is 1. The minimum atomic E-state index is 0. The Labute approximate surface area is 138 Å². The molecule has 1 atom stereocenters. The number of para-hydroxylation sites is 1. The molecule has 0 bridgehead atoms. The van der Waals surface area contributed by atoms with Crippen LogP contribution < -0.4 is 15.5 Å². The third-order valence-electron chi connectivity index (χ3n) is 3.92. The van der Waals surface area contributed by atoms with Crippen LogP contribution in [0.2, 0.25) is 0 Å². The summed E-state index contributed by atoms with van der Waals surface area (Å²) in [7, 11) is 0. The molecule has 2 N–H and O–H groups in total. The molecule has 0 saturated heterocycles. The highest BCUT2D eigenvalue weighted by Gasteiger charge is 2.22. The lowest BCUT2D eigenvalue weighted by Gasteiger charge is -2.28. The van der Waals surface area contributed by atoms with E-state index in [0.29, 0.717) is 6.04 Å². The van der Waals surface area contributed by atoms with E-state index in [1.807, 2.05) is 0 Å². The maximum absolute atomic E-state index is 4.45. The Morgan fingerprint density at radius 2 is 2.25 bits per heavy atom. The molecule has 110 valence electrons. The standard InChI is InChI=1S/C15H22N4.HI/c1-12(11-18-15-16-8-4-9-17-15)19-10-7-13-5-2-3-6-14(13)19;/h2-3,5-6,12H,4,7-11H2,1H3,(H2,16,17,18);1H. The van der Waals surface area contributed by atoms with Gasteiger partial charge >= 0.3 is 0 Å². The second kappa shape index (κ2) is 7.15. The van der Waals surface area contributed by atoms with Crippen molar-refractivity contribution in [3.8, 4) is 0 Å². The lowest BCUT2D eigenvalue weighted by Crippen LogP contribution is -2.47. The molecule has 0 spiro atoms. The molecule has 0 aliphatic carbocycles. The topological polar surface area (TPSA) is 39.7 Å². The molecular formula is C15H23IN4. The van der Waals surface area contributed by atoms with E-state index >= 15 is 0 Å². The van der Waals surface area contributed by atoms with Crippen molar-refractivity contribution in [3.63, 3.8) is 0 Å². The van der Waals surface area contributed by atoms with Crippen LogP contribution in [0.15, 0.2) is 29.3 Å². The van der Waals surface area contributed by atoms with Crippen LogP contribution in [0.4, 0.5) is 5.69 Å². The highest BCUT2D eigenvalue weighted by atomic mass is 127. The fourth-order valence-corrected chi connectivity index (χ4v) is 2.83. The van der Waals surface area contributed by atoms with Crippen molar-refractivity contribution in [2.24, 2.45) is 4.99 Å². The third-order valence-corrected chi connectivity index (χ3v) is 3.92. The number of hydrogen-bond acceptors (Lipinski definition) is 4. The number of nitrogens with one attached hydrogen (secondary N) is 2. The van der Waals surface area contributed by atoms with Crippen molar-refractivity contribution < 1.29 is 0 Å². The fourth-order valence-electron chi connectivity index (χ4n) is 2.83. The molecule has 3 rings (SSSR count). The van der Waals surface area contributed by atoms with Crippen LogP contribution in [0.1, 0.15) is 18.9 Å². The van der Waals surface area contributed by atoms with E-state index in [9.17, 15) is 0 Å². The molecule has 0 aromatic heterocycles. The average molecular weight is 386 g/mol. The molecule has 0 amide bonds. The van der Waals surface area contributed by atoms with Gasteiger partial charge in [-0.15, -0.1) is 24.0 Å². The highest BCUT2D eigenvalue weighted by Crippen LogP contribution is 2.28. The van der Waals surface area contributed by atoms with Gasteiger partial charge in [-0.2, -0.15) is 0 Å². The Morgan fingerprint density at radius 3 is 3.05 bits per heavy atom. The molecule has 5 heteroatoms. The number of hydrogen-bond donors (Lipinski definition) is 2. The maximum Gasteiger partial charge on any atom is 0.191 e. The number of guanidine groups is 1. The van der Waals surface area contributed by atoms with Crippen LogP contribution in [-0.2, 0) is 6.42 Å². The number of anilines is 1. The van der Waals surface area contributed by atoms with E-state index in [-0.39, 0.29) is 24.0 Å². The quantitative estimate of drug-likeness (QED) is 0.781. The van der Waals surface area contributed by atoms with Crippen molar-refractivity contribution in [1.29, 1.82) is 0 Å². The molecule has 0 fully saturated rings. The second-order valence-corrected chi connectivity index (χ2v) is 5.31. The predicted octanol–water partition coefficient (Wildman–Crippen LogP) is 1.99. The Bertz CT molecular complexity index is 475. The Kier molecular flexibility index (Phi) is 5.51. The first-order valence-electron chi connectivity index (χ1n) is 7.21. The molecule has 4 nitrogen and oxygen atoms in total. The van der Waals surface area contributed by atoms with Crippen molar-refractivity contribution in [2.75, 3.05) is 31.1 Å². The minimum absolute atomic E-state index is 0. The summed E-state index contributed by atoms with van der Waals surface area (Å²) in [6, 6.07) is 9.21. The summed E-state index contributed by atoms with van der Waals surface area (Å²) in [6.45, 7) is 6.31. The van der Waals surface area contributed by atoms with Crippen LogP contribution in [0, 0.1) is 0 Å². The van der Waals surface area contributed by atoms with Gasteiger partial charge in [0.05, 0.1) is 0 Å². The number of nitrogens with zero attached hydrogens (tertiary/aromatic N) is 2. The summed E-state index contributed by atoms with van der Waals surface area (Å²) in [5, 5.41) is 6.73. The minimum Gasteiger partial charge on any atom is -0.366 e.